The summed E-state index contributed by atoms with van der Waals surface area (Å²) >= 11 is 0. The fourth-order valence-electron chi connectivity index (χ4n) is 2.62. The number of alkyl halides is 2. The van der Waals surface area contributed by atoms with Gasteiger partial charge >= 0.3 is 17.8 Å². The minimum absolute atomic E-state index is 0.0538. The van der Waals surface area contributed by atoms with E-state index in [0.29, 0.717) is 6.42 Å². The highest BCUT2D eigenvalue weighted by molar-refractivity contribution is 5.77. The number of carbonyl (C=O) groups is 3. The molecule has 7 atom stereocenters. The molecule has 0 radical (unpaired) electrons. The summed E-state index contributed by atoms with van der Waals surface area (Å²) in [5.74, 6) is -7.64. The van der Waals surface area contributed by atoms with Gasteiger partial charge in [0.15, 0.2) is 6.17 Å². The number of carboxylic acid groups (broad SMARTS) is 1. The molecule has 1 aliphatic rings. The van der Waals surface area contributed by atoms with E-state index in [1.165, 1.54) is 0 Å². The second-order valence-corrected chi connectivity index (χ2v) is 6.23. The summed E-state index contributed by atoms with van der Waals surface area (Å²) in [6.45, 7) is 2.02. The monoisotopic (exact) mass is 398 g/mol. The zero-order chi connectivity index (χ0) is 20.9. The first kappa shape index (κ1) is 23.1. The number of aliphatic carboxylic acids is 1. The molecule has 1 rings (SSSR count). The molecule has 1 amide bonds. The van der Waals surface area contributed by atoms with Gasteiger partial charge in [0.25, 0.3) is 0 Å². The molecule has 7 unspecified atom stereocenters. The van der Waals surface area contributed by atoms with Gasteiger partial charge in [0, 0.05) is 13.3 Å². The number of ether oxygens (including phenoxy) is 2. The molecular formula is C15H24F2N2O8. The number of hydrogen-bond donors (Lipinski definition) is 5. The maximum Gasteiger partial charge on any atom is 0.372 e. The normalized spacial score (nSPS) is 33.0. The topological polar surface area (TPSA) is 168 Å². The van der Waals surface area contributed by atoms with Crippen LogP contribution in [0.3, 0.4) is 0 Å². The highest BCUT2D eigenvalue weighted by atomic mass is 19.2. The van der Waals surface area contributed by atoms with Gasteiger partial charge in [-0.2, -0.15) is 4.39 Å². The summed E-state index contributed by atoms with van der Waals surface area (Å²) in [5.41, 5.74) is 5.52. The molecule has 0 aromatic carbocycles. The predicted octanol–water partition coefficient (Wildman–Crippen LogP) is -1.63. The second kappa shape index (κ2) is 9.35. The molecule has 0 bridgehead atoms. The molecule has 27 heavy (non-hydrogen) atoms. The van der Waals surface area contributed by atoms with E-state index < -0.39 is 66.9 Å². The van der Waals surface area contributed by atoms with Crippen molar-refractivity contribution in [3.8, 4) is 0 Å². The van der Waals surface area contributed by atoms with Gasteiger partial charge in [0.2, 0.25) is 5.91 Å². The highest BCUT2D eigenvalue weighted by Gasteiger charge is 2.62. The molecule has 0 saturated carbocycles. The third-order valence-corrected chi connectivity index (χ3v) is 4.03. The van der Waals surface area contributed by atoms with Gasteiger partial charge in [0.05, 0.1) is 12.1 Å². The molecule has 0 aromatic heterocycles. The lowest BCUT2D eigenvalue weighted by atomic mass is 9.86. The van der Waals surface area contributed by atoms with Gasteiger partial charge in [-0.1, -0.05) is 6.92 Å². The van der Waals surface area contributed by atoms with E-state index in [1.54, 1.807) is 6.92 Å². The van der Waals surface area contributed by atoms with Crippen molar-refractivity contribution in [2.75, 3.05) is 6.61 Å². The number of carbonyl (C=O) groups excluding carboxylic acids is 2. The van der Waals surface area contributed by atoms with Gasteiger partial charge in [-0.15, -0.1) is 0 Å². The number of aliphatic hydroxyl groups is 2. The summed E-state index contributed by atoms with van der Waals surface area (Å²) < 4.78 is 37.9. The van der Waals surface area contributed by atoms with Crippen LogP contribution in [0.2, 0.25) is 0 Å². The van der Waals surface area contributed by atoms with Crippen molar-refractivity contribution < 1.29 is 48.0 Å². The molecule has 10 nitrogen and oxygen atoms in total. The lowest BCUT2D eigenvalue weighted by Crippen LogP contribution is -2.73. The van der Waals surface area contributed by atoms with Gasteiger partial charge in [0.1, 0.15) is 24.9 Å². The number of amides is 1. The molecule has 1 saturated heterocycles. The largest absolute Gasteiger partial charge is 0.477 e. The zero-order valence-electron chi connectivity index (χ0n) is 14.8. The molecule has 1 fully saturated rings. The van der Waals surface area contributed by atoms with E-state index >= 15 is 0 Å². The van der Waals surface area contributed by atoms with Crippen LogP contribution in [-0.4, -0.2) is 82.2 Å². The average molecular weight is 398 g/mol. The van der Waals surface area contributed by atoms with Gasteiger partial charge < -0.3 is 35.8 Å². The molecule has 0 aliphatic carbocycles. The lowest BCUT2D eigenvalue weighted by molar-refractivity contribution is -0.276. The molecule has 1 aliphatic heterocycles. The maximum absolute atomic E-state index is 14.5. The molecule has 12 heteroatoms. The van der Waals surface area contributed by atoms with Gasteiger partial charge in [-0.05, 0) is 6.42 Å². The zero-order valence-corrected chi connectivity index (χ0v) is 14.8. The Morgan fingerprint density at radius 3 is 2.44 bits per heavy atom. The molecule has 6 N–H and O–H groups in total. The molecule has 0 aromatic rings. The summed E-state index contributed by atoms with van der Waals surface area (Å²) in [6.07, 6.45) is -8.16. The Balaban J connectivity index is 3.03. The SMILES string of the molecule is CCCC(=O)OCC(O)C(O)C1OC(F)(C(=O)O)C(F)C(N)C1NC(C)=O. The van der Waals surface area contributed by atoms with Crippen LogP contribution in [0.1, 0.15) is 26.7 Å². The number of carboxylic acids is 1. The number of esters is 1. The number of hydrogen-bond acceptors (Lipinski definition) is 8. The van der Waals surface area contributed by atoms with Crippen molar-refractivity contribution in [2.24, 2.45) is 5.73 Å². The summed E-state index contributed by atoms with van der Waals surface area (Å²) in [7, 11) is 0. The third-order valence-electron chi connectivity index (χ3n) is 4.03. The second-order valence-electron chi connectivity index (χ2n) is 6.23. The Labute approximate surface area is 153 Å². The number of nitrogens with two attached hydrogens (primary N) is 1. The van der Waals surface area contributed by atoms with Gasteiger partial charge in [-0.25, -0.2) is 9.18 Å². The van der Waals surface area contributed by atoms with E-state index in [9.17, 15) is 33.4 Å². The first-order chi connectivity index (χ1) is 12.5. The van der Waals surface area contributed by atoms with Crippen LogP contribution >= 0.6 is 0 Å². The quantitative estimate of drug-likeness (QED) is 0.301. The Hall–Kier alpha value is -1.89. The Morgan fingerprint density at radius 1 is 1.37 bits per heavy atom. The summed E-state index contributed by atoms with van der Waals surface area (Å²) in [4.78, 5) is 33.7. The van der Waals surface area contributed by atoms with Crippen molar-refractivity contribution >= 4 is 17.8 Å². The van der Waals surface area contributed by atoms with Crippen LogP contribution in [0.25, 0.3) is 0 Å². The minimum atomic E-state index is -3.90. The van der Waals surface area contributed by atoms with Gasteiger partial charge in [-0.3, -0.25) is 9.59 Å². The van der Waals surface area contributed by atoms with Crippen LogP contribution in [0.15, 0.2) is 0 Å². The van der Waals surface area contributed by atoms with Crippen LogP contribution in [0.4, 0.5) is 8.78 Å². The van der Waals surface area contributed by atoms with Crippen molar-refractivity contribution in [2.45, 2.75) is 69.1 Å². The van der Waals surface area contributed by atoms with Crippen molar-refractivity contribution in [1.82, 2.24) is 5.32 Å². The van der Waals surface area contributed by atoms with E-state index in [-0.39, 0.29) is 6.42 Å². The lowest BCUT2D eigenvalue weighted by Gasteiger charge is -2.45. The Bertz CT molecular complexity index is 566. The van der Waals surface area contributed by atoms with Crippen molar-refractivity contribution in [3.05, 3.63) is 0 Å². The average Bonchev–Trinajstić information content (AvgIpc) is 2.59. The standard InChI is InChI=1S/C15H24F2N2O8/c1-3-4-8(22)26-5-7(21)11(23)12-10(19-6(2)20)9(18)13(16)15(17,27-12)14(24)25/h7,9-13,21,23H,3-5,18H2,1-2H3,(H,19,20)(H,24,25). The summed E-state index contributed by atoms with van der Waals surface area (Å²) in [6, 6.07) is -3.46. The number of halogens is 2. The maximum atomic E-state index is 14.5. The van der Waals surface area contributed by atoms with E-state index in [0.717, 1.165) is 6.92 Å². The minimum Gasteiger partial charge on any atom is -0.477 e. The smallest absolute Gasteiger partial charge is 0.372 e. The Morgan fingerprint density at radius 2 is 1.96 bits per heavy atom. The van der Waals surface area contributed by atoms with Crippen LogP contribution in [-0.2, 0) is 23.9 Å². The molecular weight excluding hydrogens is 374 g/mol. The van der Waals surface area contributed by atoms with E-state index in [2.05, 4.69) is 10.1 Å². The number of aliphatic hydroxyl groups excluding tert-OH is 2. The van der Waals surface area contributed by atoms with Crippen molar-refractivity contribution in [1.29, 1.82) is 0 Å². The first-order valence-corrected chi connectivity index (χ1v) is 8.24. The molecule has 1 heterocycles. The number of rotatable bonds is 8. The van der Waals surface area contributed by atoms with Crippen LogP contribution in [0, 0.1) is 0 Å². The summed E-state index contributed by atoms with van der Waals surface area (Å²) in [5, 5.41) is 31.3. The molecule has 156 valence electrons. The van der Waals surface area contributed by atoms with E-state index in [4.69, 9.17) is 15.6 Å². The molecule has 0 spiro atoms. The van der Waals surface area contributed by atoms with Crippen LogP contribution < -0.4 is 11.1 Å². The fourth-order valence-corrected chi connectivity index (χ4v) is 2.62. The van der Waals surface area contributed by atoms with E-state index in [1.807, 2.05) is 0 Å². The van der Waals surface area contributed by atoms with Crippen molar-refractivity contribution in [3.63, 3.8) is 0 Å². The third kappa shape index (κ3) is 5.31. The Kier molecular flexibility index (Phi) is 8.02. The number of nitrogens with one attached hydrogen (secondary N) is 1. The van der Waals surface area contributed by atoms with Crippen LogP contribution in [0.5, 0.6) is 0 Å². The fraction of sp³-hybridized carbons (Fsp3) is 0.800. The highest BCUT2D eigenvalue weighted by Crippen LogP contribution is 2.35. The first-order valence-electron chi connectivity index (χ1n) is 8.24. The predicted molar refractivity (Wildman–Crippen MR) is 84.7 cm³/mol.